The number of nitrogens with zero attached hydrogens (tertiary/aromatic N) is 2. The van der Waals surface area contributed by atoms with Gasteiger partial charge in [0.2, 0.25) is 0 Å². The third-order valence-electron chi connectivity index (χ3n) is 6.04. The summed E-state index contributed by atoms with van der Waals surface area (Å²) in [6.07, 6.45) is 3.30. The number of rotatable bonds is 3. The van der Waals surface area contributed by atoms with Gasteiger partial charge < -0.3 is 5.32 Å². The van der Waals surface area contributed by atoms with Crippen molar-refractivity contribution >= 4 is 16.7 Å². The second-order valence-corrected chi connectivity index (χ2v) is 7.79. The highest BCUT2D eigenvalue weighted by molar-refractivity contribution is 6.05. The van der Waals surface area contributed by atoms with Crippen molar-refractivity contribution in [3.8, 4) is 5.69 Å². The third-order valence-corrected chi connectivity index (χ3v) is 6.04. The number of hydrogen-bond acceptors (Lipinski definition) is 3. The van der Waals surface area contributed by atoms with Gasteiger partial charge in [0.15, 0.2) is 5.69 Å². The van der Waals surface area contributed by atoms with Gasteiger partial charge in [0.1, 0.15) is 0 Å². The summed E-state index contributed by atoms with van der Waals surface area (Å²) in [5, 5.41) is 8.75. The van der Waals surface area contributed by atoms with Crippen LogP contribution in [0.2, 0.25) is 0 Å². The summed E-state index contributed by atoms with van der Waals surface area (Å²) in [5.74, 6) is 0.790. The summed E-state index contributed by atoms with van der Waals surface area (Å²) >= 11 is 0. The van der Waals surface area contributed by atoms with E-state index in [4.69, 9.17) is 0 Å². The summed E-state index contributed by atoms with van der Waals surface area (Å²) in [6, 6.07) is 16.5. The molecule has 3 atom stereocenters. The van der Waals surface area contributed by atoms with Gasteiger partial charge >= 0.3 is 0 Å². The lowest BCUT2D eigenvalue weighted by atomic mass is 9.78. The molecule has 1 aliphatic carbocycles. The van der Waals surface area contributed by atoms with E-state index in [1.165, 1.54) is 11.1 Å². The average molecular weight is 375 g/mol. The van der Waals surface area contributed by atoms with E-state index in [0.29, 0.717) is 34.0 Å². The number of fused-ring (bicyclic) bond motifs is 1. The van der Waals surface area contributed by atoms with E-state index in [1.54, 1.807) is 12.1 Å². The van der Waals surface area contributed by atoms with E-state index >= 15 is 0 Å². The first-order valence-corrected chi connectivity index (χ1v) is 9.94. The lowest BCUT2D eigenvalue weighted by Gasteiger charge is -2.34. The van der Waals surface area contributed by atoms with Gasteiger partial charge in [-0.05, 0) is 36.5 Å². The number of carbonyl (C=O) groups is 1. The highest BCUT2D eigenvalue weighted by Gasteiger charge is 2.29. The Labute approximate surface area is 164 Å². The number of carbonyl (C=O) groups excluding carboxylic acids is 1. The standard InChI is InChI=1S/C23H25N3O2/c1-15-9-8-14-20(16(15)2)24-22(27)21-18-12-6-7-13-19(18)23(28)26(25-21)17-10-4-3-5-11-17/h3-7,10-13,15-16,20H,8-9,14H2,1-2H3,(H,24,27)/t15-,16-,20+/m1/s1. The predicted octanol–water partition coefficient (Wildman–Crippen LogP) is 3.94. The van der Waals surface area contributed by atoms with Crippen molar-refractivity contribution in [2.24, 2.45) is 11.8 Å². The zero-order valence-electron chi connectivity index (χ0n) is 16.3. The van der Waals surface area contributed by atoms with Crippen molar-refractivity contribution < 1.29 is 4.79 Å². The summed E-state index contributed by atoms with van der Waals surface area (Å²) in [7, 11) is 0. The molecule has 5 nitrogen and oxygen atoms in total. The van der Waals surface area contributed by atoms with Crippen molar-refractivity contribution in [2.45, 2.75) is 39.2 Å². The van der Waals surface area contributed by atoms with E-state index in [2.05, 4.69) is 24.3 Å². The predicted molar refractivity (Wildman–Crippen MR) is 111 cm³/mol. The molecule has 4 rings (SSSR count). The largest absolute Gasteiger partial charge is 0.348 e. The topological polar surface area (TPSA) is 64.0 Å². The number of aromatic nitrogens is 2. The quantitative estimate of drug-likeness (QED) is 0.754. The van der Waals surface area contributed by atoms with Crippen LogP contribution < -0.4 is 10.9 Å². The number of hydrogen-bond donors (Lipinski definition) is 1. The van der Waals surface area contributed by atoms with Crippen molar-refractivity contribution in [3.05, 3.63) is 70.6 Å². The molecule has 1 aromatic heterocycles. The van der Waals surface area contributed by atoms with Crippen LogP contribution in [0.5, 0.6) is 0 Å². The second-order valence-electron chi connectivity index (χ2n) is 7.79. The van der Waals surface area contributed by atoms with Crippen molar-refractivity contribution in [3.63, 3.8) is 0 Å². The van der Waals surface area contributed by atoms with Crippen LogP contribution >= 0.6 is 0 Å². The minimum absolute atomic E-state index is 0.133. The van der Waals surface area contributed by atoms with Gasteiger partial charge in [0.25, 0.3) is 11.5 Å². The zero-order valence-corrected chi connectivity index (χ0v) is 16.3. The lowest BCUT2D eigenvalue weighted by molar-refractivity contribution is 0.0886. The molecule has 144 valence electrons. The fraction of sp³-hybridized carbons (Fsp3) is 0.348. The Balaban J connectivity index is 1.79. The number of para-hydroxylation sites is 1. The minimum Gasteiger partial charge on any atom is -0.348 e. The molecule has 0 radical (unpaired) electrons. The van der Waals surface area contributed by atoms with Crippen molar-refractivity contribution in [1.29, 1.82) is 0 Å². The summed E-state index contributed by atoms with van der Waals surface area (Å²) in [5.41, 5.74) is 0.717. The van der Waals surface area contributed by atoms with Gasteiger partial charge in [-0.2, -0.15) is 9.78 Å². The number of amides is 1. The van der Waals surface area contributed by atoms with Crippen molar-refractivity contribution in [1.82, 2.24) is 15.1 Å². The molecule has 1 heterocycles. The first-order valence-electron chi connectivity index (χ1n) is 9.94. The molecule has 0 aliphatic heterocycles. The maximum atomic E-state index is 13.2. The van der Waals surface area contributed by atoms with E-state index < -0.39 is 0 Å². The van der Waals surface area contributed by atoms with Crippen LogP contribution in [0.4, 0.5) is 0 Å². The average Bonchev–Trinajstić information content (AvgIpc) is 2.72. The zero-order chi connectivity index (χ0) is 19.7. The molecular weight excluding hydrogens is 350 g/mol. The highest BCUT2D eigenvalue weighted by Crippen LogP contribution is 2.29. The molecule has 1 N–H and O–H groups in total. The van der Waals surface area contributed by atoms with Gasteiger partial charge in [0, 0.05) is 11.4 Å². The molecule has 0 bridgehead atoms. The molecule has 1 fully saturated rings. The Morgan fingerprint density at radius 2 is 1.68 bits per heavy atom. The van der Waals surface area contributed by atoms with Crippen LogP contribution in [0.3, 0.4) is 0 Å². The Bertz CT molecular complexity index is 1060. The molecule has 5 heteroatoms. The molecule has 2 aromatic carbocycles. The van der Waals surface area contributed by atoms with E-state index in [-0.39, 0.29) is 17.5 Å². The molecule has 1 amide bonds. The maximum Gasteiger partial charge on any atom is 0.279 e. The minimum atomic E-state index is -0.224. The van der Waals surface area contributed by atoms with Gasteiger partial charge in [-0.25, -0.2) is 0 Å². The molecule has 3 aromatic rings. The third kappa shape index (κ3) is 3.33. The normalized spacial score (nSPS) is 22.1. The van der Waals surface area contributed by atoms with Crippen LogP contribution in [0, 0.1) is 11.8 Å². The lowest BCUT2D eigenvalue weighted by Crippen LogP contribution is -2.44. The Morgan fingerprint density at radius 3 is 2.43 bits per heavy atom. The van der Waals surface area contributed by atoms with Gasteiger partial charge in [-0.15, -0.1) is 0 Å². The fourth-order valence-electron chi connectivity index (χ4n) is 4.12. The highest BCUT2D eigenvalue weighted by atomic mass is 16.2. The van der Waals surface area contributed by atoms with Gasteiger partial charge in [-0.3, -0.25) is 9.59 Å². The van der Waals surface area contributed by atoms with Gasteiger partial charge in [-0.1, -0.05) is 63.1 Å². The first kappa shape index (κ1) is 18.4. The summed E-state index contributed by atoms with van der Waals surface area (Å²) in [4.78, 5) is 26.1. The van der Waals surface area contributed by atoms with Gasteiger partial charge in [0.05, 0.1) is 11.1 Å². The smallest absolute Gasteiger partial charge is 0.279 e. The number of nitrogens with one attached hydrogen (secondary N) is 1. The fourth-order valence-corrected chi connectivity index (χ4v) is 4.12. The van der Waals surface area contributed by atoms with Crippen LogP contribution in [-0.2, 0) is 0 Å². The van der Waals surface area contributed by atoms with E-state index in [1.807, 2.05) is 42.5 Å². The summed E-state index contributed by atoms with van der Waals surface area (Å²) in [6.45, 7) is 4.44. The molecule has 0 spiro atoms. The Morgan fingerprint density at radius 1 is 1.00 bits per heavy atom. The molecular formula is C23H25N3O2. The second kappa shape index (κ2) is 7.58. The maximum absolute atomic E-state index is 13.2. The summed E-state index contributed by atoms with van der Waals surface area (Å²) < 4.78 is 1.32. The molecule has 28 heavy (non-hydrogen) atoms. The van der Waals surface area contributed by atoms with Crippen LogP contribution in [0.1, 0.15) is 43.6 Å². The van der Waals surface area contributed by atoms with Crippen LogP contribution in [-0.4, -0.2) is 21.7 Å². The van der Waals surface area contributed by atoms with E-state index in [0.717, 1.165) is 12.8 Å². The molecule has 1 saturated carbocycles. The van der Waals surface area contributed by atoms with Crippen LogP contribution in [0.25, 0.3) is 16.5 Å². The Kier molecular flexibility index (Phi) is 4.99. The molecule has 1 aliphatic rings. The monoisotopic (exact) mass is 375 g/mol. The molecule has 0 unspecified atom stereocenters. The van der Waals surface area contributed by atoms with E-state index in [9.17, 15) is 9.59 Å². The Hall–Kier alpha value is -2.95. The van der Waals surface area contributed by atoms with Crippen LogP contribution in [0.15, 0.2) is 59.4 Å². The number of benzene rings is 2. The van der Waals surface area contributed by atoms with Crippen molar-refractivity contribution in [2.75, 3.05) is 0 Å². The SMILES string of the molecule is C[C@@H]1[C@H](C)CCC[C@@H]1NC(=O)c1nn(-c2ccccc2)c(=O)c2ccccc12. The molecule has 0 saturated heterocycles. The first-order chi connectivity index (χ1) is 13.6.